The van der Waals surface area contributed by atoms with Crippen molar-refractivity contribution in [3.8, 4) is 0 Å². The van der Waals surface area contributed by atoms with Crippen molar-refractivity contribution in [3.63, 3.8) is 0 Å². The van der Waals surface area contributed by atoms with E-state index in [9.17, 15) is 26.3 Å². The molecule has 3 atom stereocenters. The van der Waals surface area contributed by atoms with E-state index in [2.05, 4.69) is 27.4 Å². The van der Waals surface area contributed by atoms with Crippen LogP contribution in [0.25, 0.3) is 6.08 Å². The van der Waals surface area contributed by atoms with Crippen LogP contribution in [0.4, 0.5) is 26.3 Å². The fraction of sp³-hybridized carbons (Fsp3) is 0.780. The van der Waals surface area contributed by atoms with Gasteiger partial charge >= 0.3 is 0 Å². The van der Waals surface area contributed by atoms with Gasteiger partial charge in [-0.2, -0.15) is 0 Å². The van der Waals surface area contributed by atoms with Crippen molar-refractivity contribution in [2.75, 3.05) is 6.54 Å². The Balaban J connectivity index is 0.000000166. The van der Waals surface area contributed by atoms with Crippen LogP contribution in [0.2, 0.25) is 0 Å². The molecule has 0 aromatic carbocycles. The number of carbonyl (C=O) groups is 1. The summed E-state index contributed by atoms with van der Waals surface area (Å²) >= 11 is 0. The number of pyridine rings is 2. The number of nitrogens with one attached hydrogen (secondary N) is 1. The third kappa shape index (κ3) is 19.5. The van der Waals surface area contributed by atoms with Crippen molar-refractivity contribution < 1.29 is 36.2 Å². The molecule has 9 rings (SSSR count). The molecular formula is C59H89F6N3O2. The lowest BCUT2D eigenvalue weighted by molar-refractivity contribution is -0.134. The van der Waals surface area contributed by atoms with Crippen LogP contribution in [0.15, 0.2) is 54.4 Å². The van der Waals surface area contributed by atoms with Crippen LogP contribution in [0.5, 0.6) is 0 Å². The molecule has 5 nitrogen and oxygen atoms in total. The molecule has 2 N–H and O–H groups in total. The van der Waals surface area contributed by atoms with Gasteiger partial charge in [0.2, 0.25) is 17.8 Å². The molecule has 2 aromatic heterocycles. The summed E-state index contributed by atoms with van der Waals surface area (Å²) in [5.41, 5.74) is 3.50. The van der Waals surface area contributed by atoms with Crippen LogP contribution >= 0.6 is 0 Å². The average Bonchev–Trinajstić information content (AvgIpc) is 3.37. The maximum absolute atomic E-state index is 13.5. The van der Waals surface area contributed by atoms with E-state index >= 15 is 0 Å². The smallest absolute Gasteiger partial charge is 0.300 e. The van der Waals surface area contributed by atoms with Gasteiger partial charge < -0.3 is 10.4 Å². The van der Waals surface area contributed by atoms with E-state index in [1.807, 2.05) is 36.5 Å². The van der Waals surface area contributed by atoms with Gasteiger partial charge in [0.15, 0.2) is 0 Å². The lowest BCUT2D eigenvalue weighted by Crippen LogP contribution is -2.40. The number of hydrogen-bond acceptors (Lipinski definition) is 4. The molecule has 2 aromatic rings. The number of halogens is 6. The largest absolute Gasteiger partial charge is 0.481 e. The SMILES string of the molecule is CC(=O)O.FC1(F)CCC(C(=Cc2ccccn2)C2CCCCC2)CC1.FC1(F)CCC(C(CC2CCCCN2)C2CCCCC2)CC1.FC1(F)CCC(C(Cc2ccccn2)C2CCCCC2)CC1. The molecule has 0 bridgehead atoms. The van der Waals surface area contributed by atoms with Crippen LogP contribution in [0.3, 0.4) is 0 Å². The van der Waals surface area contributed by atoms with E-state index in [0.29, 0.717) is 73.2 Å². The first-order valence-corrected chi connectivity index (χ1v) is 28.2. The highest BCUT2D eigenvalue weighted by Crippen LogP contribution is 2.48. The van der Waals surface area contributed by atoms with E-state index in [1.165, 1.54) is 128 Å². The fourth-order valence-corrected chi connectivity index (χ4v) is 13.8. The summed E-state index contributed by atoms with van der Waals surface area (Å²) in [7, 11) is 0. The Morgan fingerprint density at radius 2 is 1.00 bits per heavy atom. The number of carboxylic acid groups (broad SMARTS) is 1. The van der Waals surface area contributed by atoms with Crippen LogP contribution < -0.4 is 5.32 Å². The lowest BCUT2D eigenvalue weighted by atomic mass is 9.66. The van der Waals surface area contributed by atoms with Crippen molar-refractivity contribution in [2.45, 2.75) is 236 Å². The molecule has 3 unspecified atom stereocenters. The van der Waals surface area contributed by atoms with Gasteiger partial charge in [-0.05, 0) is 161 Å². The Morgan fingerprint density at radius 3 is 1.47 bits per heavy atom. The summed E-state index contributed by atoms with van der Waals surface area (Å²) in [5.74, 6) is -3.37. The Bertz CT molecular complexity index is 1760. The van der Waals surface area contributed by atoms with Gasteiger partial charge in [0.25, 0.3) is 5.97 Å². The Kier molecular flexibility index (Phi) is 22.9. The van der Waals surface area contributed by atoms with Crippen molar-refractivity contribution in [1.82, 2.24) is 15.3 Å². The van der Waals surface area contributed by atoms with Crippen molar-refractivity contribution in [1.29, 1.82) is 0 Å². The molecule has 1 saturated heterocycles. The normalized spacial score (nSPS) is 26.2. The molecule has 3 heterocycles. The molecule has 0 amide bonds. The lowest BCUT2D eigenvalue weighted by Gasteiger charge is -2.41. The summed E-state index contributed by atoms with van der Waals surface area (Å²) in [6.45, 7) is 2.24. The zero-order valence-electron chi connectivity index (χ0n) is 42.7. The predicted molar refractivity (Wildman–Crippen MR) is 271 cm³/mol. The number of aliphatic carboxylic acids is 1. The van der Waals surface area contributed by atoms with Gasteiger partial charge in [-0.25, -0.2) is 26.3 Å². The van der Waals surface area contributed by atoms with Crippen molar-refractivity contribution in [2.24, 2.45) is 47.3 Å². The van der Waals surface area contributed by atoms with E-state index in [-0.39, 0.29) is 38.5 Å². The average molecular weight is 986 g/mol. The second-order valence-corrected chi connectivity index (χ2v) is 22.8. The van der Waals surface area contributed by atoms with Gasteiger partial charge in [0.1, 0.15) is 0 Å². The standard InChI is InChI=1S/C19H33F2N.C19H27F2N.C19H25F2N.C2H4O2/c3*20-19(21)11-9-16(10-12-19)18(15-6-2-1-3-7-15)14-17-8-4-5-13-22-17;1-2(3)4/h15-18,22H,1-14H2;4-5,8,13,15-16,18H,1-3,6-7,9-12,14H2;4-5,8,13-16H,1-3,6-7,9-12H2;1H3,(H,3,4). The third-order valence-electron chi connectivity index (χ3n) is 17.7. The molecular weight excluding hydrogens is 897 g/mol. The maximum Gasteiger partial charge on any atom is 0.300 e. The summed E-state index contributed by atoms with van der Waals surface area (Å²) in [4.78, 5) is 17.9. The monoisotopic (exact) mass is 986 g/mol. The fourth-order valence-electron chi connectivity index (χ4n) is 13.8. The van der Waals surface area contributed by atoms with Crippen LogP contribution in [-0.2, 0) is 11.2 Å². The zero-order valence-corrected chi connectivity index (χ0v) is 42.7. The van der Waals surface area contributed by atoms with Crippen LogP contribution in [0, 0.1) is 47.3 Å². The number of aromatic nitrogens is 2. The first-order valence-electron chi connectivity index (χ1n) is 28.2. The Morgan fingerprint density at radius 1 is 0.571 bits per heavy atom. The highest BCUT2D eigenvalue weighted by atomic mass is 19.3. The number of allylic oxidation sites excluding steroid dienone is 1. The summed E-state index contributed by atoms with van der Waals surface area (Å²) < 4.78 is 81.0. The second-order valence-electron chi connectivity index (χ2n) is 22.8. The van der Waals surface area contributed by atoms with E-state index < -0.39 is 23.7 Å². The maximum atomic E-state index is 13.5. The summed E-state index contributed by atoms with van der Waals surface area (Å²) in [6.07, 6.45) is 36.4. The number of piperidine rings is 1. The van der Waals surface area contributed by atoms with Crippen LogP contribution in [-0.4, -0.2) is 51.4 Å². The highest BCUT2D eigenvalue weighted by Gasteiger charge is 2.42. The molecule has 7 fully saturated rings. The van der Waals surface area contributed by atoms with E-state index in [0.717, 1.165) is 50.0 Å². The quantitative estimate of drug-likeness (QED) is 0.219. The molecule has 0 spiro atoms. The van der Waals surface area contributed by atoms with E-state index in [4.69, 9.17) is 9.90 Å². The molecule has 7 aliphatic rings. The van der Waals surface area contributed by atoms with Gasteiger partial charge in [-0.3, -0.25) is 14.8 Å². The van der Waals surface area contributed by atoms with E-state index in [1.54, 1.807) is 6.20 Å². The minimum Gasteiger partial charge on any atom is -0.481 e. The van der Waals surface area contributed by atoms with Gasteiger partial charge in [0, 0.05) is 69.6 Å². The summed E-state index contributed by atoms with van der Waals surface area (Å²) in [6, 6.07) is 12.6. The van der Waals surface area contributed by atoms with Gasteiger partial charge in [-0.15, -0.1) is 0 Å². The number of carboxylic acids is 1. The number of alkyl halides is 6. The zero-order chi connectivity index (χ0) is 49.8. The second kappa shape index (κ2) is 28.5. The van der Waals surface area contributed by atoms with Crippen molar-refractivity contribution in [3.05, 3.63) is 65.8 Å². The molecule has 11 heteroatoms. The Hall–Kier alpha value is -2.95. The number of hydrogen-bond donors (Lipinski definition) is 2. The molecule has 0 radical (unpaired) electrons. The van der Waals surface area contributed by atoms with Gasteiger partial charge in [-0.1, -0.05) is 108 Å². The topological polar surface area (TPSA) is 75.1 Å². The van der Waals surface area contributed by atoms with Gasteiger partial charge in [0.05, 0.1) is 5.69 Å². The van der Waals surface area contributed by atoms with Crippen molar-refractivity contribution >= 4 is 12.0 Å². The molecule has 6 saturated carbocycles. The predicted octanol–water partition coefficient (Wildman–Crippen LogP) is 17.1. The number of nitrogens with zero attached hydrogens (tertiary/aromatic N) is 2. The third-order valence-corrected chi connectivity index (χ3v) is 17.7. The molecule has 1 aliphatic heterocycles. The highest BCUT2D eigenvalue weighted by molar-refractivity contribution is 5.63. The Labute approximate surface area is 418 Å². The summed E-state index contributed by atoms with van der Waals surface area (Å²) in [5, 5.41) is 11.1. The molecule has 394 valence electrons. The molecule has 6 aliphatic carbocycles. The minimum atomic E-state index is -2.45. The van der Waals surface area contributed by atoms with Crippen LogP contribution in [0.1, 0.15) is 217 Å². The first-order chi connectivity index (χ1) is 33.7. The number of rotatable bonds is 11. The first kappa shape index (κ1) is 56.3. The molecule has 70 heavy (non-hydrogen) atoms. The minimum absolute atomic E-state index is 0.0456.